The molecule has 0 saturated carbocycles. The van der Waals surface area contributed by atoms with E-state index < -0.39 is 59.8 Å². The van der Waals surface area contributed by atoms with Crippen molar-refractivity contribution < 1.29 is 29.1 Å². The van der Waals surface area contributed by atoms with Crippen molar-refractivity contribution in [2.75, 3.05) is 17.3 Å². The topological polar surface area (TPSA) is 180 Å². The van der Waals surface area contributed by atoms with Gasteiger partial charge in [-0.1, -0.05) is 0 Å². The highest BCUT2D eigenvalue weighted by Crippen LogP contribution is 1.96. The molecule has 0 aliphatic heterocycles. The van der Waals surface area contributed by atoms with Gasteiger partial charge in [0.05, 0.1) is 6.04 Å². The Morgan fingerprint density at radius 3 is 1.55 bits per heavy atom. The molecular weight excluding hydrogens is 442 g/mol. The Morgan fingerprint density at radius 1 is 0.724 bits per heavy atom. The summed E-state index contributed by atoms with van der Waals surface area (Å²) in [6.07, 6.45) is 0. The summed E-state index contributed by atoms with van der Waals surface area (Å²) in [5, 5.41) is 18.3. The average Bonchev–Trinajstić information content (AvgIpc) is 2.68. The zero-order chi connectivity index (χ0) is 22.7. The van der Waals surface area contributed by atoms with Crippen LogP contribution in [0.5, 0.6) is 0 Å². The highest BCUT2D eigenvalue weighted by molar-refractivity contribution is 7.80. The summed E-state index contributed by atoms with van der Waals surface area (Å²) >= 11 is 11.7. The number of thiol groups is 3. The summed E-state index contributed by atoms with van der Waals surface area (Å²) in [6, 6.07) is -5.24. The minimum atomic E-state index is -1.26. The van der Waals surface area contributed by atoms with Crippen LogP contribution in [0.2, 0.25) is 0 Å². The maximum absolute atomic E-state index is 12.2. The number of nitrogens with one attached hydrogen (secondary N) is 4. The first-order valence-electron chi connectivity index (χ1n) is 8.50. The lowest BCUT2D eigenvalue weighted by atomic mass is 10.2. The molecule has 0 aliphatic carbocycles. The fourth-order valence-corrected chi connectivity index (χ4v) is 2.49. The van der Waals surface area contributed by atoms with Crippen molar-refractivity contribution >= 4 is 67.5 Å². The van der Waals surface area contributed by atoms with Crippen LogP contribution in [0.25, 0.3) is 0 Å². The molecule has 0 aromatic carbocycles. The van der Waals surface area contributed by atoms with Crippen LogP contribution in [-0.2, 0) is 24.0 Å². The molecule has 0 aromatic rings. The molecule has 166 valence electrons. The van der Waals surface area contributed by atoms with Crippen LogP contribution in [0.3, 0.4) is 0 Å². The third kappa shape index (κ3) is 9.60. The molecule has 11 nitrogen and oxygen atoms in total. The smallest absolute Gasteiger partial charge is 0.327 e. The number of amides is 4. The number of hydrogen-bond donors (Lipinski definition) is 9. The molecule has 14 heteroatoms. The maximum atomic E-state index is 12.2. The van der Waals surface area contributed by atoms with E-state index in [2.05, 4.69) is 59.2 Å². The monoisotopic (exact) mass is 469 g/mol. The van der Waals surface area contributed by atoms with Crippen molar-refractivity contribution in [2.45, 2.75) is 44.1 Å². The van der Waals surface area contributed by atoms with Crippen molar-refractivity contribution in [1.82, 2.24) is 21.3 Å². The SMILES string of the molecule is C[C@H](NC(=O)[C@H](C)NC(=O)[C@H](CS)NC(=O)[C@@H](N)CS)C(=O)N[C@@H](CS)C(=O)O. The lowest BCUT2D eigenvalue weighted by Crippen LogP contribution is -2.57. The minimum Gasteiger partial charge on any atom is -0.480 e. The second-order valence-corrected chi connectivity index (χ2v) is 7.17. The van der Waals surface area contributed by atoms with E-state index in [1.165, 1.54) is 13.8 Å². The van der Waals surface area contributed by atoms with Gasteiger partial charge in [0.1, 0.15) is 24.2 Å². The summed E-state index contributed by atoms with van der Waals surface area (Å²) in [5.41, 5.74) is 5.53. The van der Waals surface area contributed by atoms with Gasteiger partial charge in [-0.05, 0) is 13.8 Å². The quantitative estimate of drug-likeness (QED) is 0.138. The van der Waals surface area contributed by atoms with E-state index in [0.717, 1.165) is 0 Å². The third-order valence-corrected chi connectivity index (χ3v) is 4.77. The summed E-state index contributed by atoms with van der Waals surface area (Å²) in [5.74, 6) is -4.00. The van der Waals surface area contributed by atoms with Crippen LogP contribution in [0, 0.1) is 0 Å². The second kappa shape index (κ2) is 13.6. The van der Waals surface area contributed by atoms with Crippen LogP contribution in [0.1, 0.15) is 13.8 Å². The number of rotatable bonds is 12. The van der Waals surface area contributed by atoms with E-state index in [1.54, 1.807) is 0 Å². The number of hydrogen-bond acceptors (Lipinski definition) is 9. The van der Waals surface area contributed by atoms with Crippen LogP contribution < -0.4 is 27.0 Å². The summed E-state index contributed by atoms with van der Waals surface area (Å²) in [4.78, 5) is 59.1. The van der Waals surface area contributed by atoms with Crippen molar-refractivity contribution in [3.8, 4) is 0 Å². The lowest BCUT2D eigenvalue weighted by Gasteiger charge is -2.22. The van der Waals surface area contributed by atoms with E-state index in [1.807, 2.05) is 0 Å². The van der Waals surface area contributed by atoms with E-state index in [0.29, 0.717) is 0 Å². The Kier molecular flexibility index (Phi) is 12.8. The van der Waals surface area contributed by atoms with E-state index >= 15 is 0 Å². The number of aliphatic carboxylic acids is 1. The van der Waals surface area contributed by atoms with Crippen LogP contribution in [0.15, 0.2) is 0 Å². The largest absolute Gasteiger partial charge is 0.480 e. The van der Waals surface area contributed by atoms with Crippen LogP contribution >= 0.6 is 37.9 Å². The standard InChI is InChI=1S/C15H27N5O6S3/c1-6(18-14(24)9(4-28)19-13(23)8(16)3-27)11(21)17-7(2)12(22)20-10(5-29)15(25)26/h6-10,27-29H,3-5,16H2,1-2H3,(H,17,21)(H,18,24)(H,19,23)(H,20,22)(H,25,26)/t6-,7-,8-,9-,10-/m0/s1. The molecule has 0 radical (unpaired) electrons. The molecule has 4 amide bonds. The van der Waals surface area contributed by atoms with E-state index in [-0.39, 0.29) is 17.3 Å². The van der Waals surface area contributed by atoms with Gasteiger partial charge in [0.25, 0.3) is 0 Å². The van der Waals surface area contributed by atoms with Gasteiger partial charge in [0.15, 0.2) is 0 Å². The number of carbonyl (C=O) groups is 5. The zero-order valence-corrected chi connectivity index (χ0v) is 18.6. The lowest BCUT2D eigenvalue weighted by molar-refractivity contribution is -0.141. The van der Waals surface area contributed by atoms with Gasteiger partial charge >= 0.3 is 5.97 Å². The Balaban J connectivity index is 4.74. The molecular formula is C15H27N5O6S3. The first-order valence-corrected chi connectivity index (χ1v) is 10.4. The van der Waals surface area contributed by atoms with Crippen LogP contribution in [-0.4, -0.2) is 82.2 Å². The molecule has 0 heterocycles. The van der Waals surface area contributed by atoms with E-state index in [9.17, 15) is 24.0 Å². The molecule has 0 aliphatic rings. The van der Waals surface area contributed by atoms with Crippen molar-refractivity contribution in [3.63, 3.8) is 0 Å². The summed E-state index contributed by atoms with van der Waals surface area (Å²) in [7, 11) is 0. The first kappa shape index (κ1) is 27.4. The molecule has 0 saturated heterocycles. The predicted octanol–water partition coefficient (Wildman–Crippen LogP) is -2.83. The van der Waals surface area contributed by atoms with Crippen molar-refractivity contribution in [2.24, 2.45) is 5.73 Å². The van der Waals surface area contributed by atoms with Crippen molar-refractivity contribution in [1.29, 1.82) is 0 Å². The second-order valence-electron chi connectivity index (χ2n) is 6.08. The summed E-state index contributed by atoms with van der Waals surface area (Å²) in [6.45, 7) is 2.73. The van der Waals surface area contributed by atoms with Gasteiger partial charge in [-0.15, -0.1) is 0 Å². The number of carboxylic acids is 1. The van der Waals surface area contributed by atoms with Gasteiger partial charge < -0.3 is 32.1 Å². The zero-order valence-electron chi connectivity index (χ0n) is 15.9. The molecule has 0 fully saturated rings. The Bertz CT molecular complexity index is 623. The number of carbonyl (C=O) groups excluding carboxylic acids is 4. The predicted molar refractivity (Wildman–Crippen MR) is 116 cm³/mol. The Hall–Kier alpha value is -1.64. The fourth-order valence-electron chi connectivity index (χ4n) is 1.82. The normalized spacial score (nSPS) is 15.8. The molecule has 29 heavy (non-hydrogen) atoms. The third-order valence-electron chi connectivity index (χ3n) is 3.65. The Labute approximate surface area is 184 Å². The first-order chi connectivity index (χ1) is 13.5. The Morgan fingerprint density at radius 2 is 1.14 bits per heavy atom. The average molecular weight is 470 g/mol. The summed E-state index contributed by atoms with van der Waals surface area (Å²) < 4.78 is 0. The van der Waals surface area contributed by atoms with Gasteiger partial charge in [0, 0.05) is 17.3 Å². The fraction of sp³-hybridized carbons (Fsp3) is 0.667. The molecule has 0 unspecified atom stereocenters. The van der Waals surface area contributed by atoms with Gasteiger partial charge in [-0.25, -0.2) is 4.79 Å². The number of nitrogens with two attached hydrogens (primary N) is 1. The molecule has 0 aromatic heterocycles. The highest BCUT2D eigenvalue weighted by Gasteiger charge is 2.27. The molecule has 0 bridgehead atoms. The van der Waals surface area contributed by atoms with E-state index in [4.69, 9.17) is 10.8 Å². The molecule has 7 N–H and O–H groups in total. The maximum Gasteiger partial charge on any atom is 0.327 e. The van der Waals surface area contributed by atoms with Crippen molar-refractivity contribution in [3.05, 3.63) is 0 Å². The minimum absolute atomic E-state index is 0.0374. The van der Waals surface area contributed by atoms with Gasteiger partial charge in [0.2, 0.25) is 23.6 Å². The molecule has 0 rings (SSSR count). The molecule has 0 spiro atoms. The van der Waals surface area contributed by atoms with Gasteiger partial charge in [-0.2, -0.15) is 37.9 Å². The van der Waals surface area contributed by atoms with Crippen LogP contribution in [0.4, 0.5) is 0 Å². The molecule has 5 atom stereocenters. The number of carboxylic acid groups (broad SMARTS) is 1. The van der Waals surface area contributed by atoms with Gasteiger partial charge in [-0.3, -0.25) is 19.2 Å². The highest BCUT2D eigenvalue weighted by atomic mass is 32.1.